The SMILES string of the molecule is Cc1nn(Cc2ccccc2)c(C)c1C(=O)Nc1nc2c(C)cccc2s1. The summed E-state index contributed by atoms with van der Waals surface area (Å²) in [5, 5.41) is 8.12. The number of hydrogen-bond acceptors (Lipinski definition) is 4. The van der Waals surface area contributed by atoms with Crippen molar-refractivity contribution in [2.24, 2.45) is 0 Å². The molecule has 2 aromatic heterocycles. The van der Waals surface area contributed by atoms with E-state index >= 15 is 0 Å². The molecule has 4 aromatic rings. The van der Waals surface area contributed by atoms with Gasteiger partial charge in [-0.1, -0.05) is 53.8 Å². The maximum atomic E-state index is 12.9. The molecule has 0 fully saturated rings. The Kier molecular flexibility index (Phi) is 4.49. The Labute approximate surface area is 161 Å². The Morgan fingerprint density at radius 2 is 1.85 bits per heavy atom. The van der Waals surface area contributed by atoms with Gasteiger partial charge in [-0.05, 0) is 38.0 Å². The molecule has 0 aliphatic carbocycles. The predicted molar refractivity (Wildman–Crippen MR) is 110 cm³/mol. The number of rotatable bonds is 4. The fourth-order valence-corrected chi connectivity index (χ4v) is 4.17. The summed E-state index contributed by atoms with van der Waals surface area (Å²) in [6.07, 6.45) is 0. The molecule has 0 spiro atoms. The summed E-state index contributed by atoms with van der Waals surface area (Å²) < 4.78 is 2.95. The number of carbonyl (C=O) groups excluding carboxylic acids is 1. The zero-order valence-corrected chi connectivity index (χ0v) is 16.3. The van der Waals surface area contributed by atoms with Gasteiger partial charge in [0.2, 0.25) is 0 Å². The molecule has 0 aliphatic heterocycles. The highest BCUT2D eigenvalue weighted by Crippen LogP contribution is 2.28. The molecular formula is C21H20N4OS. The maximum absolute atomic E-state index is 12.9. The van der Waals surface area contributed by atoms with E-state index in [0.29, 0.717) is 17.2 Å². The van der Waals surface area contributed by atoms with Gasteiger partial charge in [0.25, 0.3) is 5.91 Å². The van der Waals surface area contributed by atoms with E-state index in [0.717, 1.165) is 32.7 Å². The number of anilines is 1. The van der Waals surface area contributed by atoms with Crippen LogP contribution in [0.2, 0.25) is 0 Å². The molecule has 0 unspecified atom stereocenters. The van der Waals surface area contributed by atoms with Crippen molar-refractivity contribution >= 4 is 32.6 Å². The third-order valence-corrected chi connectivity index (χ3v) is 5.56. The first kappa shape index (κ1) is 17.4. The minimum absolute atomic E-state index is 0.166. The lowest BCUT2D eigenvalue weighted by atomic mass is 10.2. The second kappa shape index (κ2) is 6.96. The molecule has 0 saturated carbocycles. The third-order valence-electron chi connectivity index (χ3n) is 4.62. The summed E-state index contributed by atoms with van der Waals surface area (Å²) in [7, 11) is 0. The molecule has 0 bridgehead atoms. The van der Waals surface area contributed by atoms with Crippen LogP contribution < -0.4 is 5.32 Å². The number of hydrogen-bond donors (Lipinski definition) is 1. The highest BCUT2D eigenvalue weighted by molar-refractivity contribution is 7.22. The van der Waals surface area contributed by atoms with Crippen molar-refractivity contribution in [2.45, 2.75) is 27.3 Å². The van der Waals surface area contributed by atoms with Gasteiger partial charge in [-0.15, -0.1) is 0 Å². The van der Waals surface area contributed by atoms with Gasteiger partial charge in [-0.2, -0.15) is 5.10 Å². The van der Waals surface area contributed by atoms with E-state index in [1.807, 2.05) is 61.9 Å². The summed E-state index contributed by atoms with van der Waals surface area (Å²) in [5.41, 5.74) is 5.38. The molecule has 0 radical (unpaired) electrons. The van der Waals surface area contributed by atoms with Gasteiger partial charge in [0.15, 0.2) is 5.13 Å². The molecule has 0 saturated heterocycles. The van der Waals surface area contributed by atoms with Gasteiger partial charge < -0.3 is 0 Å². The molecule has 136 valence electrons. The van der Waals surface area contributed by atoms with Crippen LogP contribution in [0.5, 0.6) is 0 Å². The van der Waals surface area contributed by atoms with Crippen molar-refractivity contribution in [1.29, 1.82) is 0 Å². The third kappa shape index (κ3) is 3.36. The number of thiazole rings is 1. The van der Waals surface area contributed by atoms with Gasteiger partial charge in [0, 0.05) is 5.69 Å². The van der Waals surface area contributed by atoms with Crippen LogP contribution in [-0.2, 0) is 6.54 Å². The van der Waals surface area contributed by atoms with E-state index in [1.165, 1.54) is 11.3 Å². The van der Waals surface area contributed by atoms with Crippen molar-refractivity contribution in [3.63, 3.8) is 0 Å². The van der Waals surface area contributed by atoms with Gasteiger partial charge in [0.05, 0.1) is 28.0 Å². The van der Waals surface area contributed by atoms with E-state index < -0.39 is 0 Å². The van der Waals surface area contributed by atoms with Crippen LogP contribution in [-0.4, -0.2) is 20.7 Å². The molecule has 6 heteroatoms. The minimum atomic E-state index is -0.166. The number of nitrogens with one attached hydrogen (secondary N) is 1. The fraction of sp³-hybridized carbons (Fsp3) is 0.190. The van der Waals surface area contributed by atoms with Crippen molar-refractivity contribution in [3.05, 3.63) is 76.6 Å². The maximum Gasteiger partial charge on any atom is 0.261 e. The number of aromatic nitrogens is 3. The van der Waals surface area contributed by atoms with Crippen molar-refractivity contribution in [2.75, 3.05) is 5.32 Å². The molecule has 2 heterocycles. The largest absolute Gasteiger partial charge is 0.298 e. The number of carbonyl (C=O) groups is 1. The first-order valence-electron chi connectivity index (χ1n) is 8.78. The smallest absolute Gasteiger partial charge is 0.261 e. The Balaban J connectivity index is 1.60. The molecule has 1 amide bonds. The van der Waals surface area contributed by atoms with Crippen LogP contribution in [0.1, 0.15) is 32.9 Å². The van der Waals surface area contributed by atoms with Crippen LogP contribution in [0, 0.1) is 20.8 Å². The average Bonchev–Trinajstić information content (AvgIpc) is 3.17. The van der Waals surface area contributed by atoms with Crippen LogP contribution >= 0.6 is 11.3 Å². The summed E-state index contributed by atoms with van der Waals surface area (Å²) in [4.78, 5) is 17.5. The second-order valence-corrected chi connectivity index (χ2v) is 7.61. The zero-order chi connectivity index (χ0) is 19.0. The number of benzene rings is 2. The molecule has 27 heavy (non-hydrogen) atoms. The monoisotopic (exact) mass is 376 g/mol. The first-order valence-corrected chi connectivity index (χ1v) is 9.60. The molecule has 0 atom stereocenters. The van der Waals surface area contributed by atoms with Crippen LogP contribution in [0.3, 0.4) is 0 Å². The fourth-order valence-electron chi connectivity index (χ4n) is 3.24. The number of para-hydroxylation sites is 1. The summed E-state index contributed by atoms with van der Waals surface area (Å²) in [6.45, 7) is 6.46. The van der Waals surface area contributed by atoms with Gasteiger partial charge in [-0.25, -0.2) is 4.98 Å². The topological polar surface area (TPSA) is 59.8 Å². The number of amides is 1. The van der Waals surface area contributed by atoms with Crippen molar-refractivity contribution < 1.29 is 4.79 Å². The van der Waals surface area contributed by atoms with E-state index in [2.05, 4.69) is 27.5 Å². The van der Waals surface area contributed by atoms with Gasteiger partial charge in [0.1, 0.15) is 0 Å². The van der Waals surface area contributed by atoms with E-state index in [9.17, 15) is 4.79 Å². The second-order valence-electron chi connectivity index (χ2n) is 6.58. The van der Waals surface area contributed by atoms with E-state index in [1.54, 1.807) is 0 Å². The highest BCUT2D eigenvalue weighted by Gasteiger charge is 2.20. The standard InChI is InChI=1S/C21H20N4OS/c1-13-8-7-11-17-19(13)22-21(27-17)23-20(26)18-14(2)24-25(15(18)3)12-16-9-5-4-6-10-16/h4-11H,12H2,1-3H3,(H,22,23,26). The lowest BCUT2D eigenvalue weighted by Crippen LogP contribution is -2.14. The first-order chi connectivity index (χ1) is 13.0. The zero-order valence-electron chi connectivity index (χ0n) is 15.5. The van der Waals surface area contributed by atoms with E-state index in [-0.39, 0.29) is 5.91 Å². The summed E-state index contributed by atoms with van der Waals surface area (Å²) in [5.74, 6) is -0.166. The lowest BCUT2D eigenvalue weighted by Gasteiger charge is -2.05. The average molecular weight is 376 g/mol. The lowest BCUT2D eigenvalue weighted by molar-refractivity contribution is 0.102. The molecule has 5 nitrogen and oxygen atoms in total. The van der Waals surface area contributed by atoms with Gasteiger partial charge in [-0.3, -0.25) is 14.8 Å². The van der Waals surface area contributed by atoms with Crippen molar-refractivity contribution in [1.82, 2.24) is 14.8 Å². The molecule has 2 aromatic carbocycles. The van der Waals surface area contributed by atoms with Crippen LogP contribution in [0.15, 0.2) is 48.5 Å². The quantitative estimate of drug-likeness (QED) is 0.561. The Morgan fingerprint density at radius 1 is 1.07 bits per heavy atom. The molecule has 0 aliphatic rings. The highest BCUT2D eigenvalue weighted by atomic mass is 32.1. The Hall–Kier alpha value is -2.99. The minimum Gasteiger partial charge on any atom is -0.298 e. The molecule has 4 rings (SSSR count). The molecule has 1 N–H and O–H groups in total. The number of nitrogens with zero attached hydrogens (tertiary/aromatic N) is 3. The summed E-state index contributed by atoms with van der Waals surface area (Å²) >= 11 is 1.49. The van der Waals surface area contributed by atoms with Crippen LogP contribution in [0.25, 0.3) is 10.2 Å². The number of fused-ring (bicyclic) bond motifs is 1. The van der Waals surface area contributed by atoms with E-state index in [4.69, 9.17) is 0 Å². The molecular weight excluding hydrogens is 356 g/mol. The Bertz CT molecular complexity index is 1130. The van der Waals surface area contributed by atoms with Gasteiger partial charge >= 0.3 is 0 Å². The Morgan fingerprint density at radius 3 is 2.59 bits per heavy atom. The predicted octanol–water partition coefficient (Wildman–Crippen LogP) is 4.72. The van der Waals surface area contributed by atoms with Crippen LogP contribution in [0.4, 0.5) is 5.13 Å². The number of aryl methyl sites for hydroxylation is 2. The normalized spacial score (nSPS) is 11.1. The summed E-state index contributed by atoms with van der Waals surface area (Å²) in [6, 6.07) is 16.2. The van der Waals surface area contributed by atoms with Crippen molar-refractivity contribution in [3.8, 4) is 0 Å².